The zero-order valence-corrected chi connectivity index (χ0v) is 10.6. The van der Waals surface area contributed by atoms with E-state index in [1.807, 2.05) is 18.2 Å². The van der Waals surface area contributed by atoms with Crippen LogP contribution >= 0.6 is 0 Å². The maximum absolute atomic E-state index is 12.2. The van der Waals surface area contributed by atoms with Crippen molar-refractivity contribution >= 4 is 23.2 Å². The highest BCUT2D eigenvalue weighted by Gasteiger charge is 2.28. The van der Waals surface area contributed by atoms with E-state index in [0.29, 0.717) is 17.8 Å². The fraction of sp³-hybridized carbons (Fsp3) is 0.286. The first kappa shape index (κ1) is 12.4. The van der Waals surface area contributed by atoms with Gasteiger partial charge in [-0.15, -0.1) is 0 Å². The number of amides is 2. The summed E-state index contributed by atoms with van der Waals surface area (Å²) in [5.74, 6) is -0.467. The maximum atomic E-state index is 12.2. The van der Waals surface area contributed by atoms with E-state index in [2.05, 4.69) is 11.9 Å². The number of anilines is 2. The number of para-hydroxylation sites is 2. The molecule has 0 unspecified atom stereocenters. The lowest BCUT2D eigenvalue weighted by Crippen LogP contribution is -2.36. The summed E-state index contributed by atoms with van der Waals surface area (Å²) >= 11 is 0. The molecule has 18 heavy (non-hydrogen) atoms. The SMILES string of the molecule is C=C(C)C(=O)N1C[C@H](C)C(=O)Nc2ccccc21. The number of nitrogens with zero attached hydrogens (tertiary/aromatic N) is 1. The van der Waals surface area contributed by atoms with Crippen molar-refractivity contribution in [3.05, 3.63) is 36.4 Å². The predicted molar refractivity (Wildman–Crippen MR) is 71.4 cm³/mol. The Bertz CT molecular complexity index is 522. The Balaban J connectivity index is 2.49. The van der Waals surface area contributed by atoms with E-state index in [-0.39, 0.29) is 17.7 Å². The van der Waals surface area contributed by atoms with Crippen LogP contribution in [0.25, 0.3) is 0 Å². The first-order chi connectivity index (χ1) is 8.50. The van der Waals surface area contributed by atoms with Crippen molar-refractivity contribution in [2.75, 3.05) is 16.8 Å². The molecule has 1 aliphatic rings. The molecule has 1 aromatic rings. The van der Waals surface area contributed by atoms with Crippen molar-refractivity contribution in [2.45, 2.75) is 13.8 Å². The van der Waals surface area contributed by atoms with Crippen LogP contribution in [0.5, 0.6) is 0 Å². The van der Waals surface area contributed by atoms with Gasteiger partial charge in [-0.05, 0) is 19.1 Å². The molecule has 0 saturated heterocycles. The molecule has 1 heterocycles. The van der Waals surface area contributed by atoms with Gasteiger partial charge in [-0.1, -0.05) is 25.6 Å². The van der Waals surface area contributed by atoms with Crippen LogP contribution in [0.15, 0.2) is 36.4 Å². The van der Waals surface area contributed by atoms with Gasteiger partial charge in [0.2, 0.25) is 5.91 Å². The molecule has 0 bridgehead atoms. The average molecular weight is 244 g/mol. The minimum atomic E-state index is -0.249. The Morgan fingerprint density at radius 2 is 2.11 bits per heavy atom. The van der Waals surface area contributed by atoms with Gasteiger partial charge in [0.1, 0.15) is 0 Å². The van der Waals surface area contributed by atoms with Crippen molar-refractivity contribution in [3.8, 4) is 0 Å². The summed E-state index contributed by atoms with van der Waals surface area (Å²) in [4.78, 5) is 25.6. The Hall–Kier alpha value is -2.10. The average Bonchev–Trinajstić information content (AvgIpc) is 2.46. The molecule has 0 spiro atoms. The molecule has 1 aromatic carbocycles. The molecule has 1 atom stereocenters. The molecule has 94 valence electrons. The Morgan fingerprint density at radius 1 is 1.44 bits per heavy atom. The van der Waals surface area contributed by atoms with Crippen LogP contribution in [0.4, 0.5) is 11.4 Å². The summed E-state index contributed by atoms with van der Waals surface area (Å²) in [6.45, 7) is 7.53. The summed E-state index contributed by atoms with van der Waals surface area (Å²) in [7, 11) is 0. The van der Waals surface area contributed by atoms with Gasteiger partial charge in [0.15, 0.2) is 0 Å². The van der Waals surface area contributed by atoms with Crippen molar-refractivity contribution in [2.24, 2.45) is 5.92 Å². The number of hydrogen-bond donors (Lipinski definition) is 1. The van der Waals surface area contributed by atoms with Crippen LogP contribution in [0, 0.1) is 5.92 Å². The topological polar surface area (TPSA) is 49.4 Å². The van der Waals surface area contributed by atoms with Gasteiger partial charge < -0.3 is 10.2 Å². The van der Waals surface area contributed by atoms with E-state index in [4.69, 9.17) is 0 Å². The lowest BCUT2D eigenvalue weighted by atomic mass is 10.1. The van der Waals surface area contributed by atoms with Gasteiger partial charge in [-0.25, -0.2) is 0 Å². The van der Waals surface area contributed by atoms with E-state index in [1.165, 1.54) is 0 Å². The third-order valence-electron chi connectivity index (χ3n) is 2.97. The predicted octanol–water partition coefficient (Wildman–Crippen LogP) is 2.18. The van der Waals surface area contributed by atoms with Gasteiger partial charge >= 0.3 is 0 Å². The lowest BCUT2D eigenvalue weighted by Gasteiger charge is -2.23. The lowest BCUT2D eigenvalue weighted by molar-refractivity contribution is -0.119. The van der Waals surface area contributed by atoms with Crippen LogP contribution in [-0.2, 0) is 9.59 Å². The Kier molecular flexibility index (Phi) is 3.19. The van der Waals surface area contributed by atoms with Crippen LogP contribution < -0.4 is 10.2 Å². The van der Waals surface area contributed by atoms with Gasteiger partial charge in [0.05, 0.1) is 17.3 Å². The Morgan fingerprint density at radius 3 is 2.78 bits per heavy atom. The van der Waals surface area contributed by atoms with E-state index >= 15 is 0 Å². The highest BCUT2D eigenvalue weighted by atomic mass is 16.2. The molecule has 2 rings (SSSR count). The second-order valence-corrected chi connectivity index (χ2v) is 4.60. The third kappa shape index (κ3) is 2.14. The molecular weight excluding hydrogens is 228 g/mol. The number of carbonyl (C=O) groups is 2. The normalized spacial score (nSPS) is 18.7. The number of hydrogen-bond acceptors (Lipinski definition) is 2. The highest BCUT2D eigenvalue weighted by Crippen LogP contribution is 2.30. The van der Waals surface area contributed by atoms with Gasteiger partial charge in [-0.3, -0.25) is 9.59 Å². The summed E-state index contributed by atoms with van der Waals surface area (Å²) in [6.07, 6.45) is 0. The molecular formula is C14H16N2O2. The molecule has 0 saturated carbocycles. The zero-order valence-electron chi connectivity index (χ0n) is 10.6. The van der Waals surface area contributed by atoms with E-state index in [0.717, 1.165) is 5.69 Å². The fourth-order valence-corrected chi connectivity index (χ4v) is 1.95. The number of carbonyl (C=O) groups excluding carboxylic acids is 2. The summed E-state index contributed by atoms with van der Waals surface area (Å²) in [5.41, 5.74) is 1.86. The Labute approximate surface area is 106 Å². The summed E-state index contributed by atoms with van der Waals surface area (Å²) in [5, 5.41) is 2.83. The largest absolute Gasteiger partial charge is 0.324 e. The van der Waals surface area contributed by atoms with E-state index in [1.54, 1.807) is 24.8 Å². The van der Waals surface area contributed by atoms with Crippen molar-refractivity contribution in [3.63, 3.8) is 0 Å². The zero-order chi connectivity index (χ0) is 13.3. The maximum Gasteiger partial charge on any atom is 0.253 e. The first-order valence-corrected chi connectivity index (χ1v) is 5.88. The first-order valence-electron chi connectivity index (χ1n) is 5.88. The van der Waals surface area contributed by atoms with E-state index in [9.17, 15) is 9.59 Å². The number of rotatable bonds is 1. The molecule has 0 radical (unpaired) electrons. The molecule has 2 amide bonds. The molecule has 4 heteroatoms. The van der Waals surface area contributed by atoms with Gasteiger partial charge in [-0.2, -0.15) is 0 Å². The minimum absolute atomic E-state index is 0.0699. The second-order valence-electron chi connectivity index (χ2n) is 4.60. The summed E-state index contributed by atoms with van der Waals surface area (Å²) in [6, 6.07) is 7.30. The molecule has 1 N–H and O–H groups in total. The standard InChI is InChI=1S/C14H16N2O2/c1-9(2)14(18)16-8-10(3)13(17)15-11-6-4-5-7-12(11)16/h4-7,10H,1,8H2,2-3H3,(H,15,17)/t10-/m0/s1. The number of fused-ring (bicyclic) bond motifs is 1. The second kappa shape index (κ2) is 4.64. The van der Waals surface area contributed by atoms with Crippen LogP contribution in [0.2, 0.25) is 0 Å². The van der Waals surface area contributed by atoms with Gasteiger partial charge in [0, 0.05) is 12.1 Å². The molecule has 1 aliphatic heterocycles. The third-order valence-corrected chi connectivity index (χ3v) is 2.97. The van der Waals surface area contributed by atoms with Crippen LogP contribution in [0.1, 0.15) is 13.8 Å². The molecule has 0 fully saturated rings. The van der Waals surface area contributed by atoms with Crippen LogP contribution in [-0.4, -0.2) is 18.4 Å². The highest BCUT2D eigenvalue weighted by molar-refractivity contribution is 6.10. The minimum Gasteiger partial charge on any atom is -0.324 e. The molecule has 4 nitrogen and oxygen atoms in total. The van der Waals surface area contributed by atoms with Gasteiger partial charge in [0.25, 0.3) is 5.91 Å². The van der Waals surface area contributed by atoms with Crippen molar-refractivity contribution in [1.29, 1.82) is 0 Å². The molecule has 0 aliphatic carbocycles. The number of nitrogens with one attached hydrogen (secondary N) is 1. The van der Waals surface area contributed by atoms with Crippen molar-refractivity contribution in [1.82, 2.24) is 0 Å². The molecule has 0 aromatic heterocycles. The summed E-state index contributed by atoms with van der Waals surface area (Å²) < 4.78 is 0. The smallest absolute Gasteiger partial charge is 0.253 e. The number of benzene rings is 1. The van der Waals surface area contributed by atoms with E-state index < -0.39 is 0 Å². The quantitative estimate of drug-likeness (QED) is 0.770. The fourth-order valence-electron chi connectivity index (χ4n) is 1.95. The monoisotopic (exact) mass is 244 g/mol. The van der Waals surface area contributed by atoms with Crippen molar-refractivity contribution < 1.29 is 9.59 Å². The van der Waals surface area contributed by atoms with Crippen LogP contribution in [0.3, 0.4) is 0 Å².